The van der Waals surface area contributed by atoms with Crippen LogP contribution in [0.3, 0.4) is 0 Å². The minimum atomic E-state index is -0.899. The van der Waals surface area contributed by atoms with Crippen LogP contribution in [-0.2, 0) is 0 Å². The molecule has 19 heavy (non-hydrogen) atoms. The molecule has 0 radical (unpaired) electrons. The summed E-state index contributed by atoms with van der Waals surface area (Å²) in [5.74, 6) is 5.79. The number of aliphatic hydroxyl groups excluding tert-OH is 1. The van der Waals surface area contributed by atoms with Gasteiger partial charge in [0, 0.05) is 5.56 Å². The van der Waals surface area contributed by atoms with E-state index >= 15 is 0 Å². The van der Waals surface area contributed by atoms with E-state index in [1.165, 1.54) is 12.5 Å². The molecule has 96 valence electrons. The molecule has 0 saturated heterocycles. The third-order valence-electron chi connectivity index (χ3n) is 2.44. The highest BCUT2D eigenvalue weighted by atomic mass is 16.5. The quantitative estimate of drug-likeness (QED) is 0.673. The number of carbonyl (C=O) groups is 1. The summed E-state index contributed by atoms with van der Waals surface area (Å²) >= 11 is 0. The zero-order chi connectivity index (χ0) is 13.5. The number of hydrogen-bond acceptors (Lipinski definition) is 4. The Morgan fingerprint density at radius 3 is 2.95 bits per heavy atom. The number of para-hydroxylation sites is 1. The zero-order valence-electron chi connectivity index (χ0n) is 10.1. The van der Waals surface area contributed by atoms with Gasteiger partial charge in [0.2, 0.25) is 0 Å². The summed E-state index contributed by atoms with van der Waals surface area (Å²) in [5, 5.41) is 9.66. The normalized spacial score (nSPS) is 11.2. The van der Waals surface area contributed by atoms with Gasteiger partial charge in [-0.1, -0.05) is 24.0 Å². The molecule has 0 amide bonds. The lowest BCUT2D eigenvalue weighted by atomic mass is 10.2. The van der Waals surface area contributed by atoms with E-state index in [1.54, 1.807) is 30.3 Å². The third kappa shape index (κ3) is 3.47. The van der Waals surface area contributed by atoms with Gasteiger partial charge in [-0.3, -0.25) is 4.79 Å². The van der Waals surface area contributed by atoms with Crippen LogP contribution in [0.5, 0.6) is 5.75 Å². The molecule has 1 N–H and O–H groups in total. The summed E-state index contributed by atoms with van der Waals surface area (Å²) in [6.07, 6.45) is 2.73. The van der Waals surface area contributed by atoms with Crippen molar-refractivity contribution < 1.29 is 19.1 Å². The number of aldehydes is 1. The largest absolute Gasteiger partial charge is 0.480 e. The fourth-order valence-electron chi connectivity index (χ4n) is 1.48. The van der Waals surface area contributed by atoms with Crippen molar-refractivity contribution in [2.75, 3.05) is 6.61 Å². The Labute approximate surface area is 110 Å². The Morgan fingerprint density at radius 2 is 2.21 bits per heavy atom. The SMILES string of the molecule is O=Cc1ccccc1OCC#CC(O)c1ccoc1. The average Bonchev–Trinajstić information content (AvgIpc) is 2.98. The van der Waals surface area contributed by atoms with Gasteiger partial charge in [-0.25, -0.2) is 0 Å². The molecule has 0 fully saturated rings. The molecule has 2 rings (SSSR count). The predicted octanol–water partition coefficient (Wildman–Crippen LogP) is 2.21. The van der Waals surface area contributed by atoms with E-state index in [9.17, 15) is 9.90 Å². The van der Waals surface area contributed by atoms with Crippen LogP contribution in [0, 0.1) is 11.8 Å². The number of ether oxygens (including phenoxy) is 1. The second-order valence-corrected chi connectivity index (χ2v) is 3.72. The molecule has 1 aromatic carbocycles. The molecule has 1 atom stereocenters. The van der Waals surface area contributed by atoms with Crippen LogP contribution >= 0.6 is 0 Å². The maximum Gasteiger partial charge on any atom is 0.153 e. The van der Waals surface area contributed by atoms with Crippen LogP contribution in [-0.4, -0.2) is 18.0 Å². The van der Waals surface area contributed by atoms with E-state index in [2.05, 4.69) is 11.8 Å². The summed E-state index contributed by atoms with van der Waals surface area (Å²) in [4.78, 5) is 10.8. The van der Waals surface area contributed by atoms with Crippen molar-refractivity contribution >= 4 is 6.29 Å². The molecular formula is C15H12O4. The van der Waals surface area contributed by atoms with Gasteiger partial charge in [0.25, 0.3) is 0 Å². The molecule has 1 heterocycles. The summed E-state index contributed by atoms with van der Waals surface area (Å²) in [7, 11) is 0. The van der Waals surface area contributed by atoms with Gasteiger partial charge in [0.1, 0.15) is 18.5 Å². The van der Waals surface area contributed by atoms with Gasteiger partial charge in [-0.15, -0.1) is 0 Å². The Hall–Kier alpha value is -2.51. The van der Waals surface area contributed by atoms with Crippen LogP contribution in [0.25, 0.3) is 0 Å². The van der Waals surface area contributed by atoms with Gasteiger partial charge in [0.05, 0.1) is 18.1 Å². The zero-order valence-corrected chi connectivity index (χ0v) is 10.1. The molecule has 4 heteroatoms. The molecule has 2 aromatic rings. The second kappa shape index (κ2) is 6.43. The minimum absolute atomic E-state index is 0.0970. The highest BCUT2D eigenvalue weighted by Crippen LogP contribution is 2.15. The number of hydrogen-bond donors (Lipinski definition) is 1. The second-order valence-electron chi connectivity index (χ2n) is 3.72. The fraction of sp³-hybridized carbons (Fsp3) is 0.133. The van der Waals surface area contributed by atoms with E-state index in [0.717, 1.165) is 6.29 Å². The predicted molar refractivity (Wildman–Crippen MR) is 68.8 cm³/mol. The molecule has 0 aliphatic rings. The Kier molecular flexibility index (Phi) is 4.38. The molecule has 0 bridgehead atoms. The Bertz CT molecular complexity index is 590. The highest BCUT2D eigenvalue weighted by molar-refractivity contribution is 5.79. The molecule has 0 saturated carbocycles. The van der Waals surface area contributed by atoms with E-state index < -0.39 is 6.10 Å². The first-order valence-electron chi connectivity index (χ1n) is 5.67. The van der Waals surface area contributed by atoms with E-state index in [4.69, 9.17) is 9.15 Å². The first kappa shape index (κ1) is 12.9. The van der Waals surface area contributed by atoms with Crippen LogP contribution in [0.2, 0.25) is 0 Å². The lowest BCUT2D eigenvalue weighted by Gasteiger charge is -2.04. The van der Waals surface area contributed by atoms with Gasteiger partial charge in [-0.2, -0.15) is 0 Å². The number of benzene rings is 1. The highest BCUT2D eigenvalue weighted by Gasteiger charge is 2.04. The van der Waals surface area contributed by atoms with Crippen LogP contribution < -0.4 is 4.74 Å². The summed E-state index contributed by atoms with van der Waals surface area (Å²) in [6.45, 7) is 0.0970. The maximum atomic E-state index is 10.8. The minimum Gasteiger partial charge on any atom is -0.480 e. The van der Waals surface area contributed by atoms with Crippen LogP contribution in [0.1, 0.15) is 22.0 Å². The van der Waals surface area contributed by atoms with Crippen LogP contribution in [0.4, 0.5) is 0 Å². The first-order valence-corrected chi connectivity index (χ1v) is 5.67. The number of furan rings is 1. The van der Waals surface area contributed by atoms with E-state index in [-0.39, 0.29) is 6.61 Å². The van der Waals surface area contributed by atoms with Crippen molar-refractivity contribution in [2.45, 2.75) is 6.10 Å². The smallest absolute Gasteiger partial charge is 0.153 e. The number of carbonyl (C=O) groups excluding carboxylic acids is 1. The third-order valence-corrected chi connectivity index (χ3v) is 2.44. The summed E-state index contributed by atoms with van der Waals surface area (Å²) in [5.41, 5.74) is 1.07. The van der Waals surface area contributed by atoms with E-state index in [0.29, 0.717) is 16.9 Å². The number of rotatable bonds is 4. The summed E-state index contributed by atoms with van der Waals surface area (Å²) in [6, 6.07) is 8.52. The van der Waals surface area contributed by atoms with Crippen molar-refractivity contribution in [1.29, 1.82) is 0 Å². The molecule has 0 spiro atoms. The lowest BCUT2D eigenvalue weighted by molar-refractivity contribution is 0.112. The van der Waals surface area contributed by atoms with Gasteiger partial charge < -0.3 is 14.3 Å². The van der Waals surface area contributed by atoms with Crippen molar-refractivity contribution in [3.8, 4) is 17.6 Å². The average molecular weight is 256 g/mol. The Balaban J connectivity index is 1.92. The van der Waals surface area contributed by atoms with Gasteiger partial charge >= 0.3 is 0 Å². The molecular weight excluding hydrogens is 244 g/mol. The topological polar surface area (TPSA) is 59.7 Å². The van der Waals surface area contributed by atoms with Crippen molar-refractivity contribution in [1.82, 2.24) is 0 Å². The number of aliphatic hydroxyl groups is 1. The monoisotopic (exact) mass is 256 g/mol. The fourth-order valence-corrected chi connectivity index (χ4v) is 1.48. The van der Waals surface area contributed by atoms with E-state index in [1.807, 2.05) is 0 Å². The van der Waals surface area contributed by atoms with Crippen LogP contribution in [0.15, 0.2) is 47.3 Å². The first-order chi connectivity index (χ1) is 9.31. The van der Waals surface area contributed by atoms with Crippen molar-refractivity contribution in [3.63, 3.8) is 0 Å². The summed E-state index contributed by atoms with van der Waals surface area (Å²) < 4.78 is 10.2. The van der Waals surface area contributed by atoms with Gasteiger partial charge in [-0.05, 0) is 18.2 Å². The molecule has 0 aliphatic carbocycles. The van der Waals surface area contributed by atoms with Crippen molar-refractivity contribution in [3.05, 3.63) is 54.0 Å². The van der Waals surface area contributed by atoms with Crippen molar-refractivity contribution in [2.24, 2.45) is 0 Å². The lowest BCUT2D eigenvalue weighted by Crippen LogP contribution is -1.98. The molecule has 4 nitrogen and oxygen atoms in total. The standard InChI is InChI=1S/C15H12O4/c16-10-12-4-1-2-6-15(12)19-8-3-5-14(17)13-7-9-18-11-13/h1-2,4,6-7,9-11,14,17H,8H2. The molecule has 0 aliphatic heterocycles. The maximum absolute atomic E-state index is 10.8. The van der Waals surface area contributed by atoms with Gasteiger partial charge in [0.15, 0.2) is 6.29 Å². The Morgan fingerprint density at radius 1 is 1.37 bits per heavy atom. The molecule has 1 aromatic heterocycles. The molecule has 1 unspecified atom stereocenters.